The Bertz CT molecular complexity index is 750. The molecule has 0 aromatic heterocycles. The van der Waals surface area contributed by atoms with Crippen LogP contribution in [0.5, 0.6) is 0 Å². The topological polar surface area (TPSA) is 67.4 Å². The third-order valence-electron chi connectivity index (χ3n) is 3.01. The van der Waals surface area contributed by atoms with Gasteiger partial charge in [0.15, 0.2) is 0 Å². The van der Waals surface area contributed by atoms with E-state index in [4.69, 9.17) is 27.9 Å². The molecule has 0 spiro atoms. The molecule has 0 unspecified atom stereocenters. The molecule has 0 radical (unpaired) electrons. The molecule has 126 valence electrons. The minimum Gasteiger partial charge on any atom is -0.367 e. The molecule has 0 bridgehead atoms. The second kappa shape index (κ2) is 8.68. The van der Waals surface area contributed by atoms with Crippen molar-refractivity contribution < 1.29 is 14.3 Å². The lowest BCUT2D eigenvalue weighted by Gasteiger charge is -2.10. The monoisotopic (exact) mass is 366 g/mol. The van der Waals surface area contributed by atoms with E-state index in [-0.39, 0.29) is 25.0 Å². The van der Waals surface area contributed by atoms with Gasteiger partial charge in [-0.2, -0.15) is 0 Å². The first-order valence-corrected chi connectivity index (χ1v) is 7.89. The molecule has 24 heavy (non-hydrogen) atoms. The van der Waals surface area contributed by atoms with Gasteiger partial charge in [-0.3, -0.25) is 9.59 Å². The number of nitrogens with one attached hydrogen (secondary N) is 2. The van der Waals surface area contributed by atoms with Crippen molar-refractivity contribution in [2.75, 3.05) is 17.2 Å². The molecule has 0 saturated heterocycles. The van der Waals surface area contributed by atoms with E-state index in [0.29, 0.717) is 21.4 Å². The van der Waals surface area contributed by atoms with Crippen molar-refractivity contribution in [3.05, 3.63) is 58.1 Å². The van der Waals surface area contributed by atoms with Crippen molar-refractivity contribution in [2.45, 2.75) is 13.5 Å². The predicted octanol–water partition coefficient (Wildman–Crippen LogP) is 4.11. The highest BCUT2D eigenvalue weighted by molar-refractivity contribution is 6.33. The molecule has 2 aromatic carbocycles. The van der Waals surface area contributed by atoms with E-state index in [1.165, 1.54) is 6.92 Å². The largest absolute Gasteiger partial charge is 0.367 e. The molecule has 5 nitrogen and oxygen atoms in total. The van der Waals surface area contributed by atoms with Crippen molar-refractivity contribution in [3.63, 3.8) is 0 Å². The summed E-state index contributed by atoms with van der Waals surface area (Å²) in [6.45, 7) is 1.50. The number of hydrogen-bond donors (Lipinski definition) is 2. The first kappa shape index (κ1) is 18.3. The first-order chi connectivity index (χ1) is 11.5. The van der Waals surface area contributed by atoms with Crippen LogP contribution in [0.15, 0.2) is 42.5 Å². The van der Waals surface area contributed by atoms with Crippen LogP contribution in [0.4, 0.5) is 11.4 Å². The number of halogens is 2. The summed E-state index contributed by atoms with van der Waals surface area (Å²) >= 11 is 12.0. The summed E-state index contributed by atoms with van der Waals surface area (Å²) in [7, 11) is 0. The molecule has 0 aliphatic rings. The van der Waals surface area contributed by atoms with E-state index in [0.717, 1.165) is 5.56 Å². The van der Waals surface area contributed by atoms with Gasteiger partial charge in [0.1, 0.15) is 6.61 Å². The number of ether oxygens (including phenoxy) is 1. The van der Waals surface area contributed by atoms with Crippen LogP contribution >= 0.6 is 23.2 Å². The third kappa shape index (κ3) is 5.53. The summed E-state index contributed by atoms with van der Waals surface area (Å²) < 4.78 is 5.36. The normalized spacial score (nSPS) is 10.3. The van der Waals surface area contributed by atoms with Gasteiger partial charge < -0.3 is 15.4 Å². The van der Waals surface area contributed by atoms with Gasteiger partial charge >= 0.3 is 0 Å². The number of carbonyl (C=O) groups excluding carboxylic acids is 2. The Labute approximate surface area is 149 Å². The highest BCUT2D eigenvalue weighted by atomic mass is 35.5. The SMILES string of the molecule is CC(=O)Nc1cc(NC(=O)COCc2ccccc2Cl)ccc1Cl. The summed E-state index contributed by atoms with van der Waals surface area (Å²) in [6, 6.07) is 12.1. The molecule has 0 aliphatic carbocycles. The van der Waals surface area contributed by atoms with Gasteiger partial charge in [0.2, 0.25) is 11.8 Å². The van der Waals surface area contributed by atoms with Crippen molar-refractivity contribution >= 4 is 46.4 Å². The van der Waals surface area contributed by atoms with Crippen LogP contribution in [-0.2, 0) is 20.9 Å². The van der Waals surface area contributed by atoms with Crippen molar-refractivity contribution in [3.8, 4) is 0 Å². The predicted molar refractivity (Wildman–Crippen MR) is 95.5 cm³/mol. The van der Waals surface area contributed by atoms with Crippen molar-refractivity contribution in [1.29, 1.82) is 0 Å². The fourth-order valence-corrected chi connectivity index (χ4v) is 2.31. The minimum atomic E-state index is -0.321. The molecule has 2 amide bonds. The van der Waals surface area contributed by atoms with Crippen LogP contribution in [0, 0.1) is 0 Å². The van der Waals surface area contributed by atoms with E-state index in [1.807, 2.05) is 18.2 Å². The zero-order chi connectivity index (χ0) is 17.5. The Morgan fingerprint density at radius 2 is 1.79 bits per heavy atom. The van der Waals surface area contributed by atoms with Crippen LogP contribution in [0.25, 0.3) is 0 Å². The van der Waals surface area contributed by atoms with Crippen LogP contribution in [0.1, 0.15) is 12.5 Å². The van der Waals surface area contributed by atoms with Crippen LogP contribution < -0.4 is 10.6 Å². The fraction of sp³-hybridized carbons (Fsp3) is 0.176. The Balaban J connectivity index is 1.88. The van der Waals surface area contributed by atoms with E-state index in [9.17, 15) is 9.59 Å². The Hall–Kier alpha value is -2.08. The van der Waals surface area contributed by atoms with Gasteiger partial charge in [-0.25, -0.2) is 0 Å². The highest BCUT2D eigenvalue weighted by Gasteiger charge is 2.08. The zero-order valence-corrected chi connectivity index (χ0v) is 14.4. The Morgan fingerprint density at radius 1 is 1.04 bits per heavy atom. The summed E-state index contributed by atoms with van der Waals surface area (Å²) in [5.74, 6) is -0.568. The van der Waals surface area contributed by atoms with Crippen LogP contribution in [0.3, 0.4) is 0 Å². The smallest absolute Gasteiger partial charge is 0.250 e. The Kier molecular flexibility index (Phi) is 6.61. The van der Waals surface area contributed by atoms with Crippen molar-refractivity contribution in [2.24, 2.45) is 0 Å². The molecule has 2 rings (SSSR count). The second-order valence-corrected chi connectivity index (χ2v) is 5.82. The summed E-state index contributed by atoms with van der Waals surface area (Å²) in [4.78, 5) is 23.0. The third-order valence-corrected chi connectivity index (χ3v) is 3.71. The van der Waals surface area contributed by atoms with Crippen LogP contribution in [-0.4, -0.2) is 18.4 Å². The molecule has 0 fully saturated rings. The van der Waals surface area contributed by atoms with E-state index in [1.54, 1.807) is 24.3 Å². The first-order valence-electron chi connectivity index (χ1n) is 7.14. The Morgan fingerprint density at radius 3 is 2.50 bits per heavy atom. The molecular formula is C17H16Cl2N2O3. The van der Waals surface area contributed by atoms with Gasteiger partial charge in [0.25, 0.3) is 0 Å². The average molecular weight is 367 g/mol. The fourth-order valence-electron chi connectivity index (χ4n) is 1.95. The van der Waals surface area contributed by atoms with Gasteiger partial charge in [-0.15, -0.1) is 0 Å². The maximum Gasteiger partial charge on any atom is 0.250 e. The van der Waals surface area contributed by atoms with E-state index in [2.05, 4.69) is 10.6 Å². The molecule has 0 saturated carbocycles. The summed E-state index contributed by atoms with van der Waals surface area (Å²) in [5, 5.41) is 6.25. The van der Waals surface area contributed by atoms with E-state index < -0.39 is 0 Å². The molecule has 0 aliphatic heterocycles. The lowest BCUT2D eigenvalue weighted by molar-refractivity contribution is -0.121. The lowest BCUT2D eigenvalue weighted by atomic mass is 10.2. The number of amides is 2. The van der Waals surface area contributed by atoms with Gasteiger partial charge in [0, 0.05) is 17.6 Å². The lowest BCUT2D eigenvalue weighted by Crippen LogP contribution is -2.18. The van der Waals surface area contributed by atoms with Gasteiger partial charge in [-0.05, 0) is 29.8 Å². The van der Waals surface area contributed by atoms with E-state index >= 15 is 0 Å². The summed E-state index contributed by atoms with van der Waals surface area (Å²) in [6.07, 6.45) is 0. The van der Waals surface area contributed by atoms with Crippen LogP contribution in [0.2, 0.25) is 10.0 Å². The second-order valence-electron chi connectivity index (χ2n) is 5.01. The summed E-state index contributed by atoms with van der Waals surface area (Å²) in [5.41, 5.74) is 1.75. The van der Waals surface area contributed by atoms with Gasteiger partial charge in [0.05, 0.1) is 17.3 Å². The van der Waals surface area contributed by atoms with Gasteiger partial charge in [-0.1, -0.05) is 41.4 Å². The van der Waals surface area contributed by atoms with Crippen molar-refractivity contribution in [1.82, 2.24) is 0 Å². The minimum absolute atomic E-state index is 0.122. The molecule has 2 N–H and O–H groups in total. The average Bonchev–Trinajstić information content (AvgIpc) is 2.52. The highest BCUT2D eigenvalue weighted by Crippen LogP contribution is 2.25. The number of anilines is 2. The maximum atomic E-state index is 11.9. The molecule has 2 aromatic rings. The number of hydrogen-bond acceptors (Lipinski definition) is 3. The quantitative estimate of drug-likeness (QED) is 0.808. The maximum absolute atomic E-state index is 11.9. The molecular weight excluding hydrogens is 351 g/mol. The zero-order valence-electron chi connectivity index (χ0n) is 12.9. The molecule has 0 atom stereocenters. The number of carbonyl (C=O) groups is 2. The number of rotatable bonds is 6. The molecule has 0 heterocycles. The standard InChI is InChI=1S/C17H16Cl2N2O3/c1-11(22)20-16-8-13(6-7-15(16)19)21-17(23)10-24-9-12-4-2-3-5-14(12)18/h2-8H,9-10H2,1H3,(H,20,22)(H,21,23). The number of benzene rings is 2. The molecule has 7 heteroatoms.